The Bertz CT molecular complexity index is 1640. The number of urea groups is 1. The van der Waals surface area contributed by atoms with Gasteiger partial charge >= 0.3 is 6.03 Å². The summed E-state index contributed by atoms with van der Waals surface area (Å²) in [7, 11) is 2.06. The molecule has 3 aliphatic rings. The van der Waals surface area contributed by atoms with Crippen molar-refractivity contribution in [2.45, 2.75) is 18.9 Å². The van der Waals surface area contributed by atoms with Crippen molar-refractivity contribution in [3.63, 3.8) is 0 Å². The standard InChI is InChI=1S/C31H37N9O4/c1-37-13-15-39(16-14-37)29(41)21-4-6-22(7-5-21)33-31(42)34-23-8-11-40(12-9-23)30-35-25-24-3-2-10-32-28(24)44-26(25)27(36-30)38-17-19-43-20-18-38/h2-7,10,23H,8-9,11-20H2,1H3,(H2,33,34,42). The maximum Gasteiger partial charge on any atom is 0.319 e. The number of hydrogen-bond acceptors (Lipinski definition) is 10. The zero-order valence-corrected chi connectivity index (χ0v) is 24.9. The lowest BCUT2D eigenvalue weighted by molar-refractivity contribution is 0.0664. The highest BCUT2D eigenvalue weighted by Gasteiger charge is 2.27. The Hall–Kier alpha value is -4.49. The van der Waals surface area contributed by atoms with Crippen molar-refractivity contribution in [2.24, 2.45) is 0 Å². The van der Waals surface area contributed by atoms with Crippen LogP contribution in [0.3, 0.4) is 0 Å². The van der Waals surface area contributed by atoms with Crippen molar-refractivity contribution >= 4 is 51.6 Å². The van der Waals surface area contributed by atoms with Gasteiger partial charge in [0.2, 0.25) is 11.7 Å². The summed E-state index contributed by atoms with van der Waals surface area (Å²) in [5.41, 5.74) is 3.23. The highest BCUT2D eigenvalue weighted by molar-refractivity contribution is 6.05. The fraction of sp³-hybridized carbons (Fsp3) is 0.452. The Labute approximate surface area is 255 Å². The van der Waals surface area contributed by atoms with Gasteiger partial charge in [0.1, 0.15) is 5.52 Å². The lowest BCUT2D eigenvalue weighted by atomic mass is 10.1. The van der Waals surface area contributed by atoms with Gasteiger partial charge in [-0.3, -0.25) is 4.79 Å². The third-order valence-electron chi connectivity index (χ3n) is 8.66. The predicted octanol–water partition coefficient (Wildman–Crippen LogP) is 2.79. The van der Waals surface area contributed by atoms with Crippen molar-refractivity contribution in [2.75, 3.05) is 87.7 Å². The molecule has 2 N–H and O–H groups in total. The van der Waals surface area contributed by atoms with Gasteiger partial charge in [-0.1, -0.05) is 0 Å². The number of piperazine rings is 1. The molecule has 13 heteroatoms. The van der Waals surface area contributed by atoms with Crippen LogP contribution in [0.15, 0.2) is 47.0 Å². The molecule has 7 rings (SSSR count). The summed E-state index contributed by atoms with van der Waals surface area (Å²) in [5.74, 6) is 1.44. The van der Waals surface area contributed by atoms with Crippen LogP contribution in [0, 0.1) is 0 Å². The number of benzene rings is 1. The number of ether oxygens (including phenoxy) is 1. The second kappa shape index (κ2) is 12.2. The van der Waals surface area contributed by atoms with E-state index in [9.17, 15) is 9.59 Å². The van der Waals surface area contributed by atoms with E-state index in [1.54, 1.807) is 30.5 Å². The second-order valence-electron chi connectivity index (χ2n) is 11.6. The number of anilines is 3. The van der Waals surface area contributed by atoms with Crippen LogP contribution in [0.2, 0.25) is 0 Å². The van der Waals surface area contributed by atoms with Crippen molar-refractivity contribution in [1.29, 1.82) is 0 Å². The van der Waals surface area contributed by atoms with Gasteiger partial charge in [0.05, 0.1) is 18.6 Å². The maximum atomic E-state index is 12.8. The number of piperidine rings is 1. The summed E-state index contributed by atoms with van der Waals surface area (Å²) >= 11 is 0. The number of carbonyl (C=O) groups excluding carboxylic acids is 2. The number of aromatic nitrogens is 3. The number of morpholine rings is 1. The number of furan rings is 1. The van der Waals surface area contributed by atoms with E-state index in [0.717, 1.165) is 68.8 Å². The molecule has 13 nitrogen and oxygen atoms in total. The number of fused-ring (bicyclic) bond motifs is 3. The molecule has 0 atom stereocenters. The smallest absolute Gasteiger partial charge is 0.319 e. The number of hydrogen-bond donors (Lipinski definition) is 2. The topological polar surface area (TPSA) is 132 Å². The average Bonchev–Trinajstić information content (AvgIpc) is 3.44. The maximum absolute atomic E-state index is 12.8. The summed E-state index contributed by atoms with van der Waals surface area (Å²) in [5, 5.41) is 6.88. The molecule has 6 heterocycles. The molecule has 0 bridgehead atoms. The van der Waals surface area contributed by atoms with E-state index >= 15 is 0 Å². The number of amides is 3. The highest BCUT2D eigenvalue weighted by atomic mass is 16.5. The Morgan fingerprint density at radius 3 is 2.39 bits per heavy atom. The lowest BCUT2D eigenvalue weighted by Crippen LogP contribution is -2.47. The SMILES string of the molecule is CN1CCN(C(=O)c2ccc(NC(=O)NC3CCN(c4nc(N5CCOCC5)c5oc6ncccc6c5n4)CC3)cc2)CC1. The minimum atomic E-state index is -0.258. The summed E-state index contributed by atoms with van der Waals surface area (Å²) in [6.07, 6.45) is 3.23. The Kier molecular flexibility index (Phi) is 7.88. The predicted molar refractivity (Wildman–Crippen MR) is 167 cm³/mol. The van der Waals surface area contributed by atoms with Crippen LogP contribution in [0.25, 0.3) is 22.2 Å². The Morgan fingerprint density at radius 1 is 0.886 bits per heavy atom. The largest absolute Gasteiger partial charge is 0.432 e. The quantitative estimate of drug-likeness (QED) is 0.353. The van der Waals surface area contributed by atoms with E-state index in [0.29, 0.717) is 54.8 Å². The molecule has 44 heavy (non-hydrogen) atoms. The minimum absolute atomic E-state index is 0.0192. The molecule has 3 fully saturated rings. The Balaban J connectivity index is 0.976. The summed E-state index contributed by atoms with van der Waals surface area (Å²) < 4.78 is 11.7. The number of pyridine rings is 1. The van der Waals surface area contributed by atoms with E-state index in [1.807, 2.05) is 17.0 Å². The van der Waals surface area contributed by atoms with Crippen molar-refractivity contribution in [3.05, 3.63) is 48.2 Å². The highest BCUT2D eigenvalue weighted by Crippen LogP contribution is 2.34. The summed E-state index contributed by atoms with van der Waals surface area (Å²) in [4.78, 5) is 48.4. The molecule has 3 amide bonds. The van der Waals surface area contributed by atoms with Crippen LogP contribution < -0.4 is 20.4 Å². The van der Waals surface area contributed by atoms with Crippen LogP contribution >= 0.6 is 0 Å². The molecule has 0 saturated carbocycles. The van der Waals surface area contributed by atoms with E-state index in [1.165, 1.54) is 0 Å². The van der Waals surface area contributed by atoms with Crippen LogP contribution in [-0.4, -0.2) is 115 Å². The van der Waals surface area contributed by atoms with Gasteiger partial charge in [0.25, 0.3) is 5.91 Å². The zero-order valence-electron chi connectivity index (χ0n) is 24.9. The number of nitrogens with zero attached hydrogens (tertiary/aromatic N) is 7. The molecule has 0 aliphatic carbocycles. The molecule has 3 aromatic heterocycles. The minimum Gasteiger partial charge on any atom is -0.432 e. The molecule has 3 saturated heterocycles. The summed E-state index contributed by atoms with van der Waals surface area (Å²) in [6.45, 7) is 7.34. The van der Waals surface area contributed by atoms with Gasteiger partial charge in [-0.2, -0.15) is 4.98 Å². The lowest BCUT2D eigenvalue weighted by Gasteiger charge is -2.33. The second-order valence-corrected chi connectivity index (χ2v) is 11.6. The monoisotopic (exact) mass is 599 g/mol. The molecule has 1 aromatic carbocycles. The zero-order chi connectivity index (χ0) is 30.0. The van der Waals surface area contributed by atoms with Crippen LogP contribution in [0.4, 0.5) is 22.2 Å². The van der Waals surface area contributed by atoms with Gasteiger partial charge in [-0.05, 0) is 56.3 Å². The fourth-order valence-corrected chi connectivity index (χ4v) is 6.05. The normalized spacial score (nSPS) is 18.6. The van der Waals surface area contributed by atoms with Crippen molar-refractivity contribution in [3.8, 4) is 0 Å². The first-order valence-corrected chi connectivity index (χ1v) is 15.3. The average molecular weight is 600 g/mol. The first-order chi connectivity index (χ1) is 21.5. The van der Waals surface area contributed by atoms with Gasteiger partial charge in [0.15, 0.2) is 11.4 Å². The molecule has 0 unspecified atom stereocenters. The number of nitrogens with one attached hydrogen (secondary N) is 2. The van der Waals surface area contributed by atoms with Crippen molar-refractivity contribution in [1.82, 2.24) is 30.1 Å². The fourth-order valence-electron chi connectivity index (χ4n) is 6.05. The third kappa shape index (κ3) is 5.84. The van der Waals surface area contributed by atoms with E-state index in [-0.39, 0.29) is 18.0 Å². The van der Waals surface area contributed by atoms with E-state index in [4.69, 9.17) is 19.1 Å². The van der Waals surface area contributed by atoms with E-state index in [2.05, 4.69) is 37.4 Å². The van der Waals surface area contributed by atoms with Crippen molar-refractivity contribution < 1.29 is 18.7 Å². The Morgan fingerprint density at radius 2 is 1.64 bits per heavy atom. The van der Waals surface area contributed by atoms with Gasteiger partial charge in [0, 0.05) is 75.8 Å². The molecule has 0 spiro atoms. The molecule has 230 valence electrons. The molecule has 4 aromatic rings. The number of carbonyl (C=O) groups is 2. The number of rotatable bonds is 5. The molecular weight excluding hydrogens is 562 g/mol. The van der Waals surface area contributed by atoms with Gasteiger partial charge < -0.3 is 39.4 Å². The van der Waals surface area contributed by atoms with Gasteiger partial charge in [-0.25, -0.2) is 14.8 Å². The first-order valence-electron chi connectivity index (χ1n) is 15.3. The van der Waals surface area contributed by atoms with E-state index < -0.39 is 0 Å². The molecular formula is C31H37N9O4. The van der Waals surface area contributed by atoms with Crippen LogP contribution in [0.1, 0.15) is 23.2 Å². The van der Waals surface area contributed by atoms with Crippen LogP contribution in [-0.2, 0) is 4.74 Å². The molecule has 3 aliphatic heterocycles. The summed E-state index contributed by atoms with van der Waals surface area (Å²) in [6, 6.07) is 10.7. The third-order valence-corrected chi connectivity index (χ3v) is 8.66. The molecule has 0 radical (unpaired) electrons. The van der Waals surface area contributed by atoms with Gasteiger partial charge in [-0.15, -0.1) is 0 Å². The van der Waals surface area contributed by atoms with Crippen LogP contribution in [0.5, 0.6) is 0 Å². The number of likely N-dealkylation sites (N-methyl/N-ethyl adjacent to an activating group) is 1. The first kappa shape index (κ1) is 28.3.